The Morgan fingerprint density at radius 1 is 1.35 bits per heavy atom. The van der Waals surface area contributed by atoms with Crippen LogP contribution in [0, 0.1) is 11.3 Å². The Morgan fingerprint density at radius 2 is 2.04 bits per heavy atom. The molecule has 136 valence electrons. The third kappa shape index (κ3) is 4.22. The molecule has 8 heteroatoms. The summed E-state index contributed by atoms with van der Waals surface area (Å²) in [5.74, 6) is 0.0553. The van der Waals surface area contributed by atoms with Gasteiger partial charge in [-0.3, -0.25) is 4.79 Å². The van der Waals surface area contributed by atoms with Crippen molar-refractivity contribution >= 4 is 17.7 Å². The fraction of sp³-hybridized carbons (Fsp3) is 0.500. The third-order valence-corrected chi connectivity index (χ3v) is 5.36. The molecule has 1 aromatic heterocycles. The monoisotopic (exact) mass is 370 g/mol. The van der Waals surface area contributed by atoms with E-state index < -0.39 is 0 Å². The highest BCUT2D eigenvalue weighted by Gasteiger charge is 2.31. The average Bonchev–Trinajstić information content (AvgIpc) is 3.38. The molecule has 0 N–H and O–H groups in total. The van der Waals surface area contributed by atoms with Crippen molar-refractivity contribution in [2.24, 2.45) is 0 Å². The molecule has 1 aliphatic carbocycles. The predicted octanol–water partition coefficient (Wildman–Crippen LogP) is 2.80. The van der Waals surface area contributed by atoms with E-state index in [1.165, 1.54) is 11.8 Å². The van der Waals surface area contributed by atoms with E-state index in [9.17, 15) is 4.79 Å². The first-order valence-corrected chi connectivity index (χ1v) is 9.61. The minimum Gasteiger partial charge on any atom is -0.335 e. The molecular formula is C18H22N6OS. The molecule has 0 spiro atoms. The second-order valence-corrected chi connectivity index (χ2v) is 8.07. The Labute approximate surface area is 157 Å². The van der Waals surface area contributed by atoms with Crippen LogP contribution in [0.15, 0.2) is 29.4 Å². The molecular weight excluding hydrogens is 348 g/mol. The van der Waals surface area contributed by atoms with Crippen LogP contribution in [0.4, 0.5) is 0 Å². The van der Waals surface area contributed by atoms with E-state index >= 15 is 0 Å². The van der Waals surface area contributed by atoms with Gasteiger partial charge in [-0.1, -0.05) is 23.9 Å². The maximum absolute atomic E-state index is 13.0. The molecule has 1 atom stereocenters. The van der Waals surface area contributed by atoms with Gasteiger partial charge in [0.15, 0.2) is 0 Å². The minimum absolute atomic E-state index is 0.0553. The summed E-state index contributed by atoms with van der Waals surface area (Å²) in [7, 11) is 0. The lowest BCUT2D eigenvalue weighted by Crippen LogP contribution is -2.40. The van der Waals surface area contributed by atoms with Crippen LogP contribution < -0.4 is 0 Å². The number of hydrogen-bond donors (Lipinski definition) is 0. The first kappa shape index (κ1) is 18.4. The topological polar surface area (TPSA) is 87.7 Å². The van der Waals surface area contributed by atoms with E-state index in [-0.39, 0.29) is 17.2 Å². The summed E-state index contributed by atoms with van der Waals surface area (Å²) in [6.45, 7) is 6.42. The molecule has 1 aliphatic rings. The molecule has 3 rings (SSSR count). The maximum Gasteiger partial charge on any atom is 0.236 e. The van der Waals surface area contributed by atoms with Gasteiger partial charge in [0, 0.05) is 12.6 Å². The maximum atomic E-state index is 13.0. The average molecular weight is 370 g/mol. The highest BCUT2D eigenvalue weighted by molar-refractivity contribution is 8.00. The molecule has 0 radical (unpaired) electrons. The molecule has 0 bridgehead atoms. The van der Waals surface area contributed by atoms with Crippen LogP contribution in [-0.4, -0.2) is 42.3 Å². The first-order valence-electron chi connectivity index (χ1n) is 8.73. The molecule has 1 saturated carbocycles. The van der Waals surface area contributed by atoms with Crippen molar-refractivity contribution in [3.8, 4) is 6.07 Å². The number of nitrogens with zero attached hydrogens (tertiary/aromatic N) is 6. The van der Waals surface area contributed by atoms with Crippen molar-refractivity contribution in [1.82, 2.24) is 25.1 Å². The smallest absolute Gasteiger partial charge is 0.236 e. The molecule has 1 unspecified atom stereocenters. The lowest BCUT2D eigenvalue weighted by Gasteiger charge is -2.29. The molecule has 2 aromatic rings. The standard InChI is InChI=1S/C18H22N6OS/c1-12(2)23(11-15-6-4-14(10-19)5-7-15)17(25)13(3)26-18-20-21-22-24(18)16-8-9-16/h4-7,12-13,16H,8-9,11H2,1-3H3. The number of rotatable bonds is 7. The molecule has 26 heavy (non-hydrogen) atoms. The van der Waals surface area contributed by atoms with Gasteiger partial charge in [-0.15, -0.1) is 5.10 Å². The van der Waals surface area contributed by atoms with Gasteiger partial charge in [0.2, 0.25) is 11.1 Å². The number of nitriles is 1. The number of tetrazole rings is 1. The Balaban J connectivity index is 1.68. The molecule has 0 saturated heterocycles. The van der Waals surface area contributed by atoms with Gasteiger partial charge >= 0.3 is 0 Å². The van der Waals surface area contributed by atoms with Gasteiger partial charge < -0.3 is 4.90 Å². The van der Waals surface area contributed by atoms with E-state index in [0.717, 1.165) is 18.4 Å². The van der Waals surface area contributed by atoms with E-state index in [1.807, 2.05) is 42.5 Å². The van der Waals surface area contributed by atoms with Gasteiger partial charge in [0.05, 0.1) is 22.9 Å². The second kappa shape index (κ2) is 7.87. The Kier molecular flexibility index (Phi) is 5.57. The van der Waals surface area contributed by atoms with Crippen LogP contribution in [0.1, 0.15) is 50.8 Å². The highest BCUT2D eigenvalue weighted by atomic mass is 32.2. The number of carbonyl (C=O) groups excluding carboxylic acids is 1. The van der Waals surface area contributed by atoms with E-state index in [2.05, 4.69) is 21.6 Å². The zero-order chi connectivity index (χ0) is 18.7. The van der Waals surface area contributed by atoms with Crippen molar-refractivity contribution in [3.05, 3.63) is 35.4 Å². The summed E-state index contributed by atoms with van der Waals surface area (Å²) in [4.78, 5) is 14.9. The van der Waals surface area contributed by atoms with Gasteiger partial charge in [0.1, 0.15) is 0 Å². The zero-order valence-electron chi connectivity index (χ0n) is 15.2. The number of aromatic nitrogens is 4. The number of benzene rings is 1. The molecule has 1 amide bonds. The van der Waals surface area contributed by atoms with Crippen molar-refractivity contribution in [2.75, 3.05) is 0 Å². The Bertz CT molecular complexity index is 806. The first-order chi connectivity index (χ1) is 12.5. The summed E-state index contributed by atoms with van der Waals surface area (Å²) in [6.07, 6.45) is 2.19. The number of carbonyl (C=O) groups is 1. The van der Waals surface area contributed by atoms with E-state index in [1.54, 1.807) is 12.1 Å². The van der Waals surface area contributed by atoms with Gasteiger partial charge in [-0.25, -0.2) is 4.68 Å². The number of hydrogen-bond acceptors (Lipinski definition) is 6. The van der Waals surface area contributed by atoms with Crippen LogP contribution in [0.25, 0.3) is 0 Å². The largest absolute Gasteiger partial charge is 0.335 e. The van der Waals surface area contributed by atoms with Crippen molar-refractivity contribution < 1.29 is 4.79 Å². The quantitative estimate of drug-likeness (QED) is 0.697. The van der Waals surface area contributed by atoms with Crippen molar-refractivity contribution in [1.29, 1.82) is 5.26 Å². The van der Waals surface area contributed by atoms with Gasteiger partial charge in [-0.2, -0.15) is 5.26 Å². The number of amides is 1. The summed E-state index contributed by atoms with van der Waals surface area (Å²) in [5, 5.41) is 21.2. The van der Waals surface area contributed by atoms with Crippen LogP contribution in [0.3, 0.4) is 0 Å². The SMILES string of the molecule is CC(Sc1nnnn1C1CC1)C(=O)N(Cc1ccc(C#N)cc1)C(C)C. The normalized spacial score (nSPS) is 14.9. The second-order valence-electron chi connectivity index (χ2n) is 6.77. The fourth-order valence-corrected chi connectivity index (χ4v) is 3.58. The summed E-state index contributed by atoms with van der Waals surface area (Å²) >= 11 is 1.41. The van der Waals surface area contributed by atoms with E-state index in [0.29, 0.717) is 23.3 Å². The van der Waals surface area contributed by atoms with Gasteiger partial charge in [0.25, 0.3) is 0 Å². The van der Waals surface area contributed by atoms with Crippen molar-refractivity contribution in [2.45, 2.75) is 62.6 Å². The molecule has 1 heterocycles. The van der Waals surface area contributed by atoms with Crippen LogP contribution in [0.2, 0.25) is 0 Å². The fourth-order valence-electron chi connectivity index (χ4n) is 2.65. The Morgan fingerprint density at radius 3 is 2.62 bits per heavy atom. The third-order valence-electron chi connectivity index (χ3n) is 4.33. The van der Waals surface area contributed by atoms with E-state index in [4.69, 9.17) is 5.26 Å². The van der Waals surface area contributed by atoms with Crippen LogP contribution >= 0.6 is 11.8 Å². The summed E-state index contributed by atoms with van der Waals surface area (Å²) in [5.41, 5.74) is 1.62. The van der Waals surface area contributed by atoms with Crippen LogP contribution in [0.5, 0.6) is 0 Å². The summed E-state index contributed by atoms with van der Waals surface area (Å²) < 4.78 is 1.83. The summed E-state index contributed by atoms with van der Waals surface area (Å²) in [6, 6.07) is 9.91. The molecule has 1 aromatic carbocycles. The van der Waals surface area contributed by atoms with Gasteiger partial charge in [-0.05, 0) is 61.7 Å². The molecule has 0 aliphatic heterocycles. The van der Waals surface area contributed by atoms with Crippen LogP contribution in [-0.2, 0) is 11.3 Å². The zero-order valence-corrected chi connectivity index (χ0v) is 16.0. The molecule has 1 fully saturated rings. The highest BCUT2D eigenvalue weighted by Crippen LogP contribution is 2.37. The predicted molar refractivity (Wildman–Crippen MR) is 98.3 cm³/mol. The lowest BCUT2D eigenvalue weighted by molar-refractivity contribution is -0.132. The molecule has 7 nitrogen and oxygen atoms in total. The Hall–Kier alpha value is -2.40. The van der Waals surface area contributed by atoms with Crippen molar-refractivity contribution in [3.63, 3.8) is 0 Å². The number of thioether (sulfide) groups is 1. The lowest BCUT2D eigenvalue weighted by atomic mass is 10.1. The minimum atomic E-state index is -0.278.